The zero-order chi connectivity index (χ0) is 11.1. The molecule has 1 aliphatic carbocycles. The highest BCUT2D eigenvalue weighted by atomic mass is 16.1. The van der Waals surface area contributed by atoms with Crippen LogP contribution in [0.15, 0.2) is 5.10 Å². The quantitative estimate of drug-likeness (QED) is 0.755. The first kappa shape index (κ1) is 10.7. The lowest BCUT2D eigenvalue weighted by molar-refractivity contribution is -0.126. The second-order valence-corrected chi connectivity index (χ2v) is 5.58. The summed E-state index contributed by atoms with van der Waals surface area (Å²) in [6, 6.07) is 0.266. The molecule has 2 aliphatic rings. The topological polar surface area (TPSA) is 41.5 Å². The normalized spacial score (nSPS) is 33.3. The molecule has 1 aliphatic heterocycles. The van der Waals surface area contributed by atoms with E-state index in [9.17, 15) is 4.79 Å². The Balaban J connectivity index is 2.14. The van der Waals surface area contributed by atoms with Crippen molar-refractivity contribution in [1.82, 2.24) is 5.43 Å². The number of nitrogens with one attached hydrogen (secondary N) is 1. The third-order valence-electron chi connectivity index (χ3n) is 3.41. The molecule has 0 radical (unpaired) electrons. The fourth-order valence-corrected chi connectivity index (χ4v) is 2.83. The van der Waals surface area contributed by atoms with Crippen LogP contribution in [0.3, 0.4) is 0 Å². The minimum atomic E-state index is 0.0815. The predicted octanol–water partition coefficient (Wildman–Crippen LogP) is 2.12. The number of hydrogen-bond acceptors (Lipinski definition) is 3. The molecule has 3 nitrogen and oxygen atoms in total. The van der Waals surface area contributed by atoms with E-state index in [1.165, 1.54) is 0 Å². The minimum Gasteiger partial charge on any atom is -0.306 e. The van der Waals surface area contributed by atoms with Gasteiger partial charge in [-0.3, -0.25) is 4.79 Å². The number of fused-ring (bicyclic) bond motifs is 1. The molecule has 2 atom stereocenters. The first-order valence-corrected chi connectivity index (χ1v) is 5.88. The van der Waals surface area contributed by atoms with Crippen LogP contribution in [-0.2, 0) is 4.79 Å². The number of carbonyl (C=O) groups is 1. The lowest BCUT2D eigenvalue weighted by Gasteiger charge is -2.36. The van der Waals surface area contributed by atoms with Crippen molar-refractivity contribution in [3.63, 3.8) is 0 Å². The second-order valence-electron chi connectivity index (χ2n) is 5.58. The molecule has 0 saturated heterocycles. The van der Waals surface area contributed by atoms with E-state index < -0.39 is 0 Å². The fraction of sp³-hybridized carbons (Fsp3) is 0.833. The molecule has 3 heteroatoms. The molecule has 0 aromatic rings. The van der Waals surface area contributed by atoms with Gasteiger partial charge in [-0.15, -0.1) is 0 Å². The second kappa shape index (κ2) is 3.62. The van der Waals surface area contributed by atoms with Crippen LogP contribution < -0.4 is 5.43 Å². The highest BCUT2D eigenvalue weighted by Crippen LogP contribution is 2.39. The van der Waals surface area contributed by atoms with E-state index in [2.05, 4.69) is 31.3 Å². The molecule has 0 aromatic heterocycles. The van der Waals surface area contributed by atoms with Gasteiger partial charge in [-0.2, -0.15) is 5.10 Å². The van der Waals surface area contributed by atoms with Crippen molar-refractivity contribution >= 4 is 11.5 Å². The van der Waals surface area contributed by atoms with Crippen molar-refractivity contribution in [2.24, 2.45) is 16.4 Å². The van der Waals surface area contributed by atoms with Gasteiger partial charge in [-0.05, 0) is 18.3 Å². The molecular weight excluding hydrogens is 188 g/mol. The zero-order valence-electron chi connectivity index (χ0n) is 9.84. The van der Waals surface area contributed by atoms with E-state index in [4.69, 9.17) is 0 Å². The first-order chi connectivity index (χ1) is 7.03. The molecule has 0 bridgehead atoms. The lowest BCUT2D eigenvalue weighted by atomic mass is 9.68. The molecule has 0 spiro atoms. The Hall–Kier alpha value is -0.860. The maximum atomic E-state index is 12.1. The summed E-state index contributed by atoms with van der Waals surface area (Å²) in [5, 5.41) is 4.33. The summed E-state index contributed by atoms with van der Waals surface area (Å²) in [6.07, 6.45) is 3.79. The third-order valence-corrected chi connectivity index (χ3v) is 3.41. The van der Waals surface area contributed by atoms with Crippen LogP contribution in [0.2, 0.25) is 0 Å². The Morgan fingerprint density at radius 2 is 2.27 bits per heavy atom. The number of hydrazone groups is 1. The van der Waals surface area contributed by atoms with Gasteiger partial charge >= 0.3 is 0 Å². The lowest BCUT2D eigenvalue weighted by Crippen LogP contribution is -2.45. The molecule has 1 heterocycles. The van der Waals surface area contributed by atoms with Gasteiger partial charge in [-0.25, -0.2) is 0 Å². The van der Waals surface area contributed by atoms with Gasteiger partial charge < -0.3 is 5.43 Å². The van der Waals surface area contributed by atoms with Crippen molar-refractivity contribution in [2.75, 3.05) is 0 Å². The summed E-state index contributed by atoms with van der Waals surface area (Å²) in [5.74, 6) is 0.464. The van der Waals surface area contributed by atoms with E-state index in [1.54, 1.807) is 0 Å². The van der Waals surface area contributed by atoms with Gasteiger partial charge in [0.1, 0.15) is 5.78 Å². The third kappa shape index (κ3) is 1.92. The molecule has 1 saturated carbocycles. The summed E-state index contributed by atoms with van der Waals surface area (Å²) in [5.41, 5.74) is 4.37. The van der Waals surface area contributed by atoms with Gasteiger partial charge in [0.2, 0.25) is 0 Å². The van der Waals surface area contributed by atoms with Crippen LogP contribution in [0.25, 0.3) is 0 Å². The first-order valence-electron chi connectivity index (χ1n) is 5.88. The predicted molar refractivity (Wildman–Crippen MR) is 60.8 cm³/mol. The highest BCUT2D eigenvalue weighted by Gasteiger charge is 2.45. The molecule has 0 unspecified atom stereocenters. The van der Waals surface area contributed by atoms with Crippen molar-refractivity contribution in [3.8, 4) is 0 Å². The Morgan fingerprint density at radius 3 is 2.93 bits per heavy atom. The number of nitrogens with zero attached hydrogens (tertiary/aromatic N) is 1. The van der Waals surface area contributed by atoms with E-state index >= 15 is 0 Å². The van der Waals surface area contributed by atoms with Gasteiger partial charge in [0.25, 0.3) is 0 Å². The number of hydrogen-bond donors (Lipinski definition) is 1. The van der Waals surface area contributed by atoms with Crippen LogP contribution >= 0.6 is 0 Å². The van der Waals surface area contributed by atoms with Crippen LogP contribution in [0.1, 0.15) is 46.5 Å². The van der Waals surface area contributed by atoms with Gasteiger partial charge in [0.05, 0.1) is 17.7 Å². The van der Waals surface area contributed by atoms with Crippen molar-refractivity contribution in [1.29, 1.82) is 0 Å². The number of rotatable bonds is 2. The van der Waals surface area contributed by atoms with Crippen LogP contribution in [0.4, 0.5) is 0 Å². The fourth-order valence-electron chi connectivity index (χ4n) is 2.83. The largest absolute Gasteiger partial charge is 0.306 e. The zero-order valence-corrected chi connectivity index (χ0v) is 9.84. The Labute approximate surface area is 91.3 Å². The molecule has 0 aromatic carbocycles. The van der Waals surface area contributed by atoms with Gasteiger partial charge in [0, 0.05) is 6.42 Å². The Bertz CT molecular complexity index is 307. The van der Waals surface area contributed by atoms with E-state index in [-0.39, 0.29) is 17.4 Å². The summed E-state index contributed by atoms with van der Waals surface area (Å²) in [4.78, 5) is 12.1. The van der Waals surface area contributed by atoms with Crippen LogP contribution in [-0.4, -0.2) is 17.5 Å². The molecule has 1 fully saturated rings. The van der Waals surface area contributed by atoms with E-state index in [0.29, 0.717) is 12.2 Å². The van der Waals surface area contributed by atoms with Crippen LogP contribution in [0.5, 0.6) is 0 Å². The van der Waals surface area contributed by atoms with Gasteiger partial charge in [0.15, 0.2) is 0 Å². The monoisotopic (exact) mass is 208 g/mol. The highest BCUT2D eigenvalue weighted by molar-refractivity contribution is 6.07. The number of carbonyl (C=O) groups excluding carboxylic acids is 1. The average Bonchev–Trinajstić information content (AvgIpc) is 2.46. The maximum Gasteiger partial charge on any atom is 0.144 e. The van der Waals surface area contributed by atoms with Crippen molar-refractivity contribution in [2.45, 2.75) is 52.5 Å². The standard InChI is InChI=1S/C12H20N2O/c1-4-5-8-11-9(14-13-8)6-12(2,3)7-10(11)15/h9,11,14H,4-7H2,1-3H3/t9-,11+/m0/s1. The summed E-state index contributed by atoms with van der Waals surface area (Å²) < 4.78 is 0. The van der Waals surface area contributed by atoms with E-state index in [1.807, 2.05) is 0 Å². The summed E-state index contributed by atoms with van der Waals surface area (Å²) >= 11 is 0. The van der Waals surface area contributed by atoms with E-state index in [0.717, 1.165) is 25.0 Å². The van der Waals surface area contributed by atoms with Gasteiger partial charge in [-0.1, -0.05) is 27.2 Å². The molecule has 0 amide bonds. The maximum absolute atomic E-state index is 12.1. The Morgan fingerprint density at radius 1 is 1.53 bits per heavy atom. The van der Waals surface area contributed by atoms with Crippen LogP contribution in [0, 0.1) is 11.3 Å². The molecule has 15 heavy (non-hydrogen) atoms. The summed E-state index contributed by atoms with van der Waals surface area (Å²) in [6.45, 7) is 6.47. The van der Waals surface area contributed by atoms with Crippen molar-refractivity contribution < 1.29 is 4.79 Å². The molecule has 1 N–H and O–H groups in total. The SMILES string of the molecule is CCCC1=NN[C@H]2CC(C)(C)CC(=O)[C@H]12. The molecule has 2 rings (SSSR count). The van der Waals surface area contributed by atoms with Crippen molar-refractivity contribution in [3.05, 3.63) is 0 Å². The smallest absolute Gasteiger partial charge is 0.144 e. The minimum absolute atomic E-state index is 0.0815. The number of ketones is 1. The number of Topliss-reactive ketones (excluding diaryl/α,β-unsaturated/α-hetero) is 1. The summed E-state index contributed by atoms with van der Waals surface area (Å²) in [7, 11) is 0. The molecular formula is C12H20N2O. The molecule has 84 valence electrons. The average molecular weight is 208 g/mol. The Kier molecular flexibility index (Phi) is 2.57.